The summed E-state index contributed by atoms with van der Waals surface area (Å²) in [4.78, 5) is 13.6. The van der Waals surface area contributed by atoms with E-state index in [0.717, 1.165) is 17.2 Å². The molecule has 1 unspecified atom stereocenters. The number of nitrogens with zero attached hydrogens (tertiary/aromatic N) is 3. The van der Waals surface area contributed by atoms with E-state index in [9.17, 15) is 0 Å². The third-order valence-corrected chi connectivity index (χ3v) is 3.67. The molecular formula is C11H15N5S. The van der Waals surface area contributed by atoms with Crippen LogP contribution in [-0.2, 0) is 6.42 Å². The van der Waals surface area contributed by atoms with Crippen molar-refractivity contribution in [2.24, 2.45) is 0 Å². The van der Waals surface area contributed by atoms with Gasteiger partial charge >= 0.3 is 0 Å². The highest BCUT2D eigenvalue weighted by Gasteiger charge is 2.10. The highest BCUT2D eigenvalue weighted by Crippen LogP contribution is 2.23. The van der Waals surface area contributed by atoms with E-state index in [2.05, 4.69) is 34.1 Å². The first-order valence-corrected chi connectivity index (χ1v) is 6.29. The Morgan fingerprint density at radius 3 is 2.88 bits per heavy atom. The van der Waals surface area contributed by atoms with Crippen molar-refractivity contribution in [3.05, 3.63) is 28.5 Å². The Morgan fingerprint density at radius 1 is 1.41 bits per heavy atom. The summed E-state index contributed by atoms with van der Waals surface area (Å²) < 4.78 is 0. The van der Waals surface area contributed by atoms with Crippen LogP contribution in [0, 0.1) is 0 Å². The summed E-state index contributed by atoms with van der Waals surface area (Å²) in [7, 11) is 0. The molecule has 0 aliphatic rings. The second kappa shape index (κ2) is 5.09. The maximum Gasteiger partial charge on any atom is 0.132 e. The fraction of sp³-hybridized carbons (Fsp3) is 0.364. The molecule has 0 bridgehead atoms. The van der Waals surface area contributed by atoms with Crippen molar-refractivity contribution >= 4 is 23.0 Å². The lowest BCUT2D eigenvalue weighted by atomic mass is 10.3. The van der Waals surface area contributed by atoms with Gasteiger partial charge in [-0.05, 0) is 13.3 Å². The average molecular weight is 249 g/mol. The minimum absolute atomic E-state index is 0.120. The van der Waals surface area contributed by atoms with Crippen LogP contribution in [0.3, 0.4) is 0 Å². The largest absolute Gasteiger partial charge is 0.384 e. The van der Waals surface area contributed by atoms with Gasteiger partial charge in [-0.2, -0.15) is 0 Å². The predicted molar refractivity (Wildman–Crippen MR) is 70.0 cm³/mol. The molecule has 0 aliphatic heterocycles. The van der Waals surface area contributed by atoms with Crippen LogP contribution in [-0.4, -0.2) is 15.0 Å². The van der Waals surface area contributed by atoms with Gasteiger partial charge in [0, 0.05) is 17.1 Å². The van der Waals surface area contributed by atoms with E-state index in [0.29, 0.717) is 5.82 Å². The maximum absolute atomic E-state index is 5.59. The number of rotatable bonds is 4. The van der Waals surface area contributed by atoms with Gasteiger partial charge in [0.25, 0.3) is 0 Å². The quantitative estimate of drug-likeness (QED) is 0.869. The van der Waals surface area contributed by atoms with E-state index in [1.165, 1.54) is 11.2 Å². The second-order valence-corrected chi connectivity index (χ2v) is 4.86. The van der Waals surface area contributed by atoms with Crippen LogP contribution in [0.15, 0.2) is 18.6 Å². The number of nitrogens with one attached hydrogen (secondary N) is 1. The summed E-state index contributed by atoms with van der Waals surface area (Å²) in [6.07, 6.45) is 4.39. The number of hydrogen-bond donors (Lipinski definition) is 2. The first-order chi connectivity index (χ1) is 8.19. The monoisotopic (exact) mass is 249 g/mol. The van der Waals surface area contributed by atoms with Crippen LogP contribution in [0.25, 0.3) is 0 Å². The van der Waals surface area contributed by atoms with Crippen LogP contribution >= 0.6 is 11.3 Å². The van der Waals surface area contributed by atoms with Crippen molar-refractivity contribution in [3.8, 4) is 0 Å². The summed E-state index contributed by atoms with van der Waals surface area (Å²) in [5.41, 5.74) is 5.59. The van der Waals surface area contributed by atoms with Crippen LogP contribution in [0.2, 0.25) is 0 Å². The number of thiazole rings is 1. The molecule has 2 aromatic heterocycles. The minimum Gasteiger partial charge on any atom is -0.384 e. The number of aromatic nitrogens is 3. The molecule has 5 nitrogen and oxygen atoms in total. The summed E-state index contributed by atoms with van der Waals surface area (Å²) in [6, 6.07) is 1.83. The molecule has 2 heterocycles. The standard InChI is InChI=1S/C11H15N5S/c1-3-8-5-13-11(17-8)7(2)16-10-4-9(12)14-6-15-10/h4-7H,3H2,1-2H3,(H3,12,14,15,16). The van der Waals surface area contributed by atoms with E-state index >= 15 is 0 Å². The molecule has 0 radical (unpaired) electrons. The zero-order chi connectivity index (χ0) is 12.3. The molecule has 90 valence electrons. The molecule has 0 aromatic carbocycles. The molecule has 1 atom stereocenters. The molecule has 3 N–H and O–H groups in total. The Morgan fingerprint density at radius 2 is 2.24 bits per heavy atom. The number of nitrogens with two attached hydrogens (primary N) is 1. The van der Waals surface area contributed by atoms with Crippen LogP contribution in [0.5, 0.6) is 0 Å². The normalized spacial score (nSPS) is 12.4. The number of nitrogen functional groups attached to an aromatic ring is 1. The Hall–Kier alpha value is -1.69. The zero-order valence-corrected chi connectivity index (χ0v) is 10.7. The van der Waals surface area contributed by atoms with Gasteiger partial charge in [0.05, 0.1) is 6.04 Å². The zero-order valence-electron chi connectivity index (χ0n) is 9.84. The summed E-state index contributed by atoms with van der Waals surface area (Å²) in [5.74, 6) is 1.18. The first-order valence-electron chi connectivity index (χ1n) is 5.47. The summed E-state index contributed by atoms with van der Waals surface area (Å²) >= 11 is 1.72. The molecule has 2 aromatic rings. The van der Waals surface area contributed by atoms with E-state index < -0.39 is 0 Å². The molecule has 0 aliphatic carbocycles. The van der Waals surface area contributed by atoms with Crippen molar-refractivity contribution in [2.75, 3.05) is 11.1 Å². The maximum atomic E-state index is 5.59. The topological polar surface area (TPSA) is 76.7 Å². The predicted octanol–water partition coefficient (Wildman–Crippen LogP) is 2.25. The lowest BCUT2D eigenvalue weighted by Crippen LogP contribution is -2.08. The fourth-order valence-electron chi connectivity index (χ4n) is 1.42. The van der Waals surface area contributed by atoms with E-state index in [4.69, 9.17) is 5.73 Å². The van der Waals surface area contributed by atoms with Crippen LogP contribution in [0.4, 0.5) is 11.6 Å². The van der Waals surface area contributed by atoms with Crippen molar-refractivity contribution in [3.63, 3.8) is 0 Å². The fourth-order valence-corrected chi connectivity index (χ4v) is 2.28. The van der Waals surface area contributed by atoms with Crippen molar-refractivity contribution < 1.29 is 0 Å². The van der Waals surface area contributed by atoms with Crippen molar-refractivity contribution in [1.82, 2.24) is 15.0 Å². The van der Waals surface area contributed by atoms with E-state index in [1.54, 1.807) is 17.4 Å². The Bertz CT molecular complexity index is 496. The van der Waals surface area contributed by atoms with Gasteiger partial charge in [-0.25, -0.2) is 15.0 Å². The molecule has 17 heavy (non-hydrogen) atoms. The van der Waals surface area contributed by atoms with E-state index in [-0.39, 0.29) is 6.04 Å². The third kappa shape index (κ3) is 2.91. The van der Waals surface area contributed by atoms with Crippen molar-refractivity contribution in [2.45, 2.75) is 26.3 Å². The molecule has 2 rings (SSSR count). The highest BCUT2D eigenvalue weighted by molar-refractivity contribution is 7.11. The molecule has 0 fully saturated rings. The van der Waals surface area contributed by atoms with Gasteiger partial charge in [0.15, 0.2) is 0 Å². The van der Waals surface area contributed by atoms with Gasteiger partial charge < -0.3 is 11.1 Å². The smallest absolute Gasteiger partial charge is 0.132 e. The molecule has 0 spiro atoms. The SMILES string of the molecule is CCc1cnc(C(C)Nc2cc(N)ncn2)s1. The third-order valence-electron chi connectivity index (χ3n) is 2.34. The summed E-state index contributed by atoms with van der Waals surface area (Å²) in [5, 5.41) is 4.31. The molecule has 6 heteroatoms. The Kier molecular flexibility index (Phi) is 3.53. The Balaban J connectivity index is 2.08. The van der Waals surface area contributed by atoms with Gasteiger partial charge in [-0.15, -0.1) is 11.3 Å². The summed E-state index contributed by atoms with van der Waals surface area (Å²) in [6.45, 7) is 4.18. The average Bonchev–Trinajstić information content (AvgIpc) is 2.77. The van der Waals surface area contributed by atoms with Crippen LogP contribution in [0.1, 0.15) is 29.8 Å². The number of hydrogen-bond acceptors (Lipinski definition) is 6. The number of anilines is 2. The minimum atomic E-state index is 0.120. The lowest BCUT2D eigenvalue weighted by Gasteiger charge is -2.11. The van der Waals surface area contributed by atoms with Gasteiger partial charge in [0.1, 0.15) is 23.0 Å². The number of aryl methyl sites for hydroxylation is 1. The second-order valence-electron chi connectivity index (χ2n) is 3.71. The van der Waals surface area contributed by atoms with Gasteiger partial charge in [-0.1, -0.05) is 6.92 Å². The lowest BCUT2D eigenvalue weighted by molar-refractivity contribution is 0.858. The highest BCUT2D eigenvalue weighted by atomic mass is 32.1. The molecular weight excluding hydrogens is 234 g/mol. The Labute approximate surface area is 104 Å². The molecule has 0 amide bonds. The molecule has 0 saturated heterocycles. The molecule has 0 saturated carbocycles. The van der Waals surface area contributed by atoms with Gasteiger partial charge in [-0.3, -0.25) is 0 Å². The van der Waals surface area contributed by atoms with E-state index in [1.807, 2.05) is 6.20 Å². The van der Waals surface area contributed by atoms with Crippen LogP contribution < -0.4 is 11.1 Å². The first kappa shape index (κ1) is 11.8. The van der Waals surface area contributed by atoms with Gasteiger partial charge in [0.2, 0.25) is 0 Å². The van der Waals surface area contributed by atoms with Crippen molar-refractivity contribution in [1.29, 1.82) is 0 Å².